The lowest BCUT2D eigenvalue weighted by atomic mass is 10.0. The molecule has 1 N–H and O–H groups in total. The summed E-state index contributed by atoms with van der Waals surface area (Å²) >= 11 is 5.84. The number of hydrogen-bond acceptors (Lipinski definition) is 1. The van der Waals surface area contributed by atoms with Crippen molar-refractivity contribution in [1.29, 1.82) is 0 Å². The zero-order chi connectivity index (χ0) is 13.0. The summed E-state index contributed by atoms with van der Waals surface area (Å²) in [6, 6.07) is 5.75. The van der Waals surface area contributed by atoms with E-state index in [0.717, 1.165) is 5.56 Å². The van der Waals surface area contributed by atoms with E-state index in [1.807, 2.05) is 45.9 Å². The lowest BCUT2D eigenvalue weighted by Crippen LogP contribution is -2.39. The van der Waals surface area contributed by atoms with Gasteiger partial charge in [-0.25, -0.2) is 0 Å². The van der Waals surface area contributed by atoms with Crippen LogP contribution in [0.1, 0.15) is 35.3 Å². The molecule has 0 aliphatic heterocycles. The summed E-state index contributed by atoms with van der Waals surface area (Å²) in [5.41, 5.74) is 3.02. The molecule has 0 bridgehead atoms. The highest BCUT2D eigenvalue weighted by molar-refractivity contribution is 6.18. The van der Waals surface area contributed by atoms with E-state index < -0.39 is 0 Å². The molecule has 1 atom stereocenters. The van der Waals surface area contributed by atoms with E-state index in [2.05, 4.69) is 5.32 Å². The maximum absolute atomic E-state index is 12.0. The van der Waals surface area contributed by atoms with Gasteiger partial charge in [0, 0.05) is 17.5 Å². The average molecular weight is 254 g/mol. The Morgan fingerprint density at radius 3 is 2.41 bits per heavy atom. The molecule has 0 aliphatic carbocycles. The molecule has 1 aromatic carbocycles. The number of hydrogen-bond donors (Lipinski definition) is 1. The second kappa shape index (κ2) is 6.06. The van der Waals surface area contributed by atoms with Crippen molar-refractivity contribution in [2.75, 3.05) is 5.88 Å². The highest BCUT2D eigenvalue weighted by atomic mass is 35.5. The van der Waals surface area contributed by atoms with Crippen molar-refractivity contribution in [1.82, 2.24) is 5.32 Å². The Balaban J connectivity index is 2.79. The first-order chi connectivity index (χ1) is 7.95. The Morgan fingerprint density at radius 1 is 1.29 bits per heavy atom. The normalized spacial score (nSPS) is 12.6. The summed E-state index contributed by atoms with van der Waals surface area (Å²) in [5, 5.41) is 2.96. The van der Waals surface area contributed by atoms with Crippen LogP contribution >= 0.6 is 11.6 Å². The number of carbonyl (C=O) groups is 1. The third-order valence-corrected chi connectivity index (χ3v) is 3.39. The smallest absolute Gasteiger partial charge is 0.251 e. The Kier molecular flexibility index (Phi) is 5.01. The molecule has 0 saturated carbocycles. The Labute approximate surface area is 108 Å². The van der Waals surface area contributed by atoms with Crippen molar-refractivity contribution in [2.24, 2.45) is 5.92 Å². The lowest BCUT2D eigenvalue weighted by Gasteiger charge is -2.19. The fourth-order valence-electron chi connectivity index (χ4n) is 1.52. The number of aryl methyl sites for hydroxylation is 2. The number of carbonyl (C=O) groups excluding carboxylic acids is 1. The Hall–Kier alpha value is -1.02. The minimum Gasteiger partial charge on any atom is -0.348 e. The molecule has 0 aromatic heterocycles. The topological polar surface area (TPSA) is 29.1 Å². The maximum Gasteiger partial charge on any atom is 0.251 e. The number of rotatable bonds is 4. The summed E-state index contributed by atoms with van der Waals surface area (Å²) < 4.78 is 0. The van der Waals surface area contributed by atoms with Gasteiger partial charge in [0.2, 0.25) is 0 Å². The summed E-state index contributed by atoms with van der Waals surface area (Å²) in [7, 11) is 0. The van der Waals surface area contributed by atoms with Crippen molar-refractivity contribution < 1.29 is 4.79 Å². The first-order valence-electron chi connectivity index (χ1n) is 5.89. The van der Waals surface area contributed by atoms with Gasteiger partial charge >= 0.3 is 0 Å². The summed E-state index contributed by atoms with van der Waals surface area (Å²) in [5.74, 6) is 0.726. The molecule has 0 heterocycles. The van der Waals surface area contributed by atoms with Crippen molar-refractivity contribution >= 4 is 17.5 Å². The lowest BCUT2D eigenvalue weighted by molar-refractivity contribution is 0.0931. The van der Waals surface area contributed by atoms with Gasteiger partial charge in [0.25, 0.3) is 5.91 Å². The minimum atomic E-state index is -0.0487. The predicted molar refractivity (Wildman–Crippen MR) is 72.7 cm³/mol. The fourth-order valence-corrected chi connectivity index (χ4v) is 1.95. The third-order valence-electron chi connectivity index (χ3n) is 3.06. The molecule has 0 fully saturated rings. The van der Waals surface area contributed by atoms with Crippen molar-refractivity contribution in [2.45, 2.75) is 33.7 Å². The molecule has 0 saturated heterocycles. The molecule has 0 radical (unpaired) electrons. The van der Waals surface area contributed by atoms with Gasteiger partial charge in [-0.15, -0.1) is 11.6 Å². The zero-order valence-corrected chi connectivity index (χ0v) is 11.6. The van der Waals surface area contributed by atoms with Gasteiger partial charge < -0.3 is 5.32 Å². The van der Waals surface area contributed by atoms with E-state index in [9.17, 15) is 4.79 Å². The van der Waals surface area contributed by atoms with Crippen LogP contribution < -0.4 is 5.32 Å². The van der Waals surface area contributed by atoms with Crippen LogP contribution in [0.4, 0.5) is 0 Å². The molecule has 2 nitrogen and oxygen atoms in total. The largest absolute Gasteiger partial charge is 0.348 e. The van der Waals surface area contributed by atoms with E-state index in [1.165, 1.54) is 5.56 Å². The standard InChI is InChI=1S/C14H20ClNO/c1-9(2)13(8-15)16-14(17)12-6-5-10(3)11(4)7-12/h5-7,9,13H,8H2,1-4H3,(H,16,17). The molecule has 17 heavy (non-hydrogen) atoms. The van der Waals surface area contributed by atoms with E-state index in [1.54, 1.807) is 0 Å². The molecular weight excluding hydrogens is 234 g/mol. The number of benzene rings is 1. The van der Waals surface area contributed by atoms with Crippen LogP contribution in [-0.2, 0) is 0 Å². The highest BCUT2D eigenvalue weighted by Gasteiger charge is 2.16. The molecule has 0 spiro atoms. The van der Waals surface area contributed by atoms with Crippen LogP contribution in [0, 0.1) is 19.8 Å². The molecule has 3 heteroatoms. The molecule has 0 aliphatic rings. The van der Waals surface area contributed by atoms with E-state index in [-0.39, 0.29) is 11.9 Å². The summed E-state index contributed by atoms with van der Waals surface area (Å²) in [6.45, 7) is 8.14. The van der Waals surface area contributed by atoms with Gasteiger partial charge in [-0.3, -0.25) is 4.79 Å². The maximum atomic E-state index is 12.0. The second-order valence-electron chi connectivity index (χ2n) is 4.78. The zero-order valence-electron chi connectivity index (χ0n) is 10.9. The number of alkyl halides is 1. The van der Waals surface area contributed by atoms with E-state index in [0.29, 0.717) is 17.4 Å². The minimum absolute atomic E-state index is 0.0192. The Bertz CT molecular complexity index is 401. The van der Waals surface area contributed by atoms with Crippen LogP contribution in [0.5, 0.6) is 0 Å². The van der Waals surface area contributed by atoms with Crippen LogP contribution in [0.25, 0.3) is 0 Å². The van der Waals surface area contributed by atoms with Crippen LogP contribution in [0.15, 0.2) is 18.2 Å². The monoisotopic (exact) mass is 253 g/mol. The van der Waals surface area contributed by atoms with Crippen molar-refractivity contribution in [3.05, 3.63) is 34.9 Å². The van der Waals surface area contributed by atoms with Crippen LogP contribution in [0.3, 0.4) is 0 Å². The predicted octanol–water partition coefficient (Wildman–Crippen LogP) is 3.30. The first-order valence-corrected chi connectivity index (χ1v) is 6.43. The van der Waals surface area contributed by atoms with E-state index >= 15 is 0 Å². The second-order valence-corrected chi connectivity index (χ2v) is 5.09. The van der Waals surface area contributed by atoms with Crippen LogP contribution in [0.2, 0.25) is 0 Å². The first kappa shape index (κ1) is 14.0. The van der Waals surface area contributed by atoms with Crippen molar-refractivity contribution in [3.8, 4) is 0 Å². The fraction of sp³-hybridized carbons (Fsp3) is 0.500. The quantitative estimate of drug-likeness (QED) is 0.820. The van der Waals surface area contributed by atoms with Crippen molar-refractivity contribution in [3.63, 3.8) is 0 Å². The molecule has 1 unspecified atom stereocenters. The number of halogens is 1. The number of amides is 1. The SMILES string of the molecule is Cc1ccc(C(=O)NC(CCl)C(C)C)cc1C. The van der Waals surface area contributed by atoms with Crippen LogP contribution in [-0.4, -0.2) is 17.8 Å². The summed E-state index contributed by atoms with van der Waals surface area (Å²) in [6.07, 6.45) is 0. The molecular formula is C14H20ClNO. The molecule has 94 valence electrons. The highest BCUT2D eigenvalue weighted by Crippen LogP contribution is 2.11. The molecule has 1 rings (SSSR count). The van der Waals surface area contributed by atoms with Gasteiger partial charge in [-0.2, -0.15) is 0 Å². The molecule has 1 aromatic rings. The van der Waals surface area contributed by atoms with E-state index in [4.69, 9.17) is 11.6 Å². The third kappa shape index (κ3) is 3.74. The van der Waals surface area contributed by atoms with Gasteiger partial charge in [0.05, 0.1) is 0 Å². The van der Waals surface area contributed by atoms with Gasteiger partial charge in [-0.1, -0.05) is 19.9 Å². The average Bonchev–Trinajstić information content (AvgIpc) is 2.28. The molecule has 1 amide bonds. The summed E-state index contributed by atoms with van der Waals surface area (Å²) in [4.78, 5) is 12.0. The Morgan fingerprint density at radius 2 is 1.94 bits per heavy atom. The van der Waals surface area contributed by atoms with Gasteiger partial charge in [-0.05, 0) is 43.0 Å². The van der Waals surface area contributed by atoms with Gasteiger partial charge in [0.15, 0.2) is 0 Å². The number of nitrogens with one attached hydrogen (secondary N) is 1. The van der Waals surface area contributed by atoms with Gasteiger partial charge in [0.1, 0.15) is 0 Å².